The van der Waals surface area contributed by atoms with E-state index in [1.807, 2.05) is 30.3 Å². The molecule has 0 aromatic heterocycles. The van der Waals surface area contributed by atoms with Gasteiger partial charge in [0.25, 0.3) is 0 Å². The van der Waals surface area contributed by atoms with Gasteiger partial charge in [-0.05, 0) is 43.3 Å². The first-order chi connectivity index (χ1) is 11.6. The lowest BCUT2D eigenvalue weighted by molar-refractivity contribution is 0.602. The van der Waals surface area contributed by atoms with Gasteiger partial charge in [0.1, 0.15) is 0 Å². The number of hydrogen-bond acceptors (Lipinski definition) is 4. The summed E-state index contributed by atoms with van der Waals surface area (Å²) in [6, 6.07) is 18.1. The topological polar surface area (TPSA) is 52.7 Å². The normalized spacial score (nSPS) is 15.4. The van der Waals surface area contributed by atoms with Crippen molar-refractivity contribution in [2.24, 2.45) is 0 Å². The lowest BCUT2D eigenvalue weighted by atomic mass is 10.2. The fraction of sp³-hybridized carbons (Fsp3) is 0.333. The summed E-state index contributed by atoms with van der Waals surface area (Å²) < 4.78 is 25.8. The highest BCUT2D eigenvalue weighted by atomic mass is 32.2. The summed E-state index contributed by atoms with van der Waals surface area (Å²) in [6.45, 7) is 5.50. The third kappa shape index (κ3) is 4.00. The minimum Gasteiger partial charge on any atom is -0.368 e. The number of benzene rings is 2. The van der Waals surface area contributed by atoms with Gasteiger partial charge < -0.3 is 9.80 Å². The Hall–Kier alpha value is -2.21. The second-order valence-corrected chi connectivity index (χ2v) is 7.87. The quantitative estimate of drug-likeness (QED) is 0.905. The maximum Gasteiger partial charge on any atom is 0.232 e. The van der Waals surface area contributed by atoms with Gasteiger partial charge in [0.05, 0.1) is 5.75 Å². The van der Waals surface area contributed by atoms with Gasteiger partial charge >= 0.3 is 0 Å². The lowest BCUT2D eigenvalue weighted by Gasteiger charge is -2.37. The molecule has 0 bridgehead atoms. The first-order valence-electron chi connectivity index (χ1n) is 8.23. The molecule has 1 fully saturated rings. The van der Waals surface area contributed by atoms with Crippen LogP contribution in [0.5, 0.6) is 0 Å². The Morgan fingerprint density at radius 3 is 1.83 bits per heavy atom. The molecule has 0 saturated carbocycles. The van der Waals surface area contributed by atoms with Crippen LogP contribution in [0.2, 0.25) is 0 Å². The molecular formula is C18H23N3O2S. The predicted octanol–water partition coefficient (Wildman–Crippen LogP) is 2.77. The van der Waals surface area contributed by atoms with Crippen LogP contribution in [0, 0.1) is 0 Å². The minimum absolute atomic E-state index is 0.0796. The summed E-state index contributed by atoms with van der Waals surface area (Å²) in [4.78, 5) is 4.72. The molecule has 1 aliphatic heterocycles. The molecule has 3 rings (SSSR count). The van der Waals surface area contributed by atoms with Crippen molar-refractivity contribution >= 4 is 27.1 Å². The summed E-state index contributed by atoms with van der Waals surface area (Å²) in [7, 11) is -3.22. The van der Waals surface area contributed by atoms with Gasteiger partial charge in [0, 0.05) is 43.2 Å². The second-order valence-electron chi connectivity index (χ2n) is 5.86. The molecule has 0 spiro atoms. The monoisotopic (exact) mass is 345 g/mol. The fourth-order valence-corrected chi connectivity index (χ4v) is 3.49. The van der Waals surface area contributed by atoms with Gasteiger partial charge in [0.15, 0.2) is 0 Å². The van der Waals surface area contributed by atoms with Crippen LogP contribution < -0.4 is 14.5 Å². The van der Waals surface area contributed by atoms with Crippen LogP contribution in [-0.2, 0) is 10.0 Å². The van der Waals surface area contributed by atoms with Crippen LogP contribution in [0.4, 0.5) is 17.1 Å². The summed E-state index contributed by atoms with van der Waals surface area (Å²) in [5, 5.41) is 0. The maximum absolute atomic E-state index is 11.6. The SMILES string of the molecule is CCS(=O)(=O)Nc1ccc(N2CCN(c3ccccc3)CC2)cc1. The fourth-order valence-electron chi connectivity index (χ4n) is 2.85. The molecule has 1 N–H and O–H groups in total. The number of hydrogen-bond donors (Lipinski definition) is 1. The van der Waals surface area contributed by atoms with Crippen molar-refractivity contribution in [3.05, 3.63) is 54.6 Å². The van der Waals surface area contributed by atoms with E-state index < -0.39 is 10.0 Å². The largest absolute Gasteiger partial charge is 0.368 e. The van der Waals surface area contributed by atoms with Gasteiger partial charge in [-0.1, -0.05) is 18.2 Å². The summed E-state index contributed by atoms with van der Waals surface area (Å²) in [5.41, 5.74) is 3.01. The average molecular weight is 345 g/mol. The third-order valence-corrected chi connectivity index (χ3v) is 5.59. The number of nitrogens with one attached hydrogen (secondary N) is 1. The van der Waals surface area contributed by atoms with Gasteiger partial charge in [-0.25, -0.2) is 8.42 Å². The molecule has 2 aromatic carbocycles. The van der Waals surface area contributed by atoms with Crippen LogP contribution in [0.3, 0.4) is 0 Å². The second kappa shape index (κ2) is 7.13. The van der Waals surface area contributed by atoms with E-state index in [0.29, 0.717) is 5.69 Å². The Bertz CT molecular complexity index is 753. The zero-order valence-electron chi connectivity index (χ0n) is 13.9. The van der Waals surface area contributed by atoms with E-state index in [2.05, 4.69) is 38.8 Å². The van der Waals surface area contributed by atoms with Crippen molar-refractivity contribution < 1.29 is 8.42 Å². The van der Waals surface area contributed by atoms with Crippen molar-refractivity contribution in [1.29, 1.82) is 0 Å². The first kappa shape index (κ1) is 16.6. The summed E-state index contributed by atoms with van der Waals surface area (Å²) >= 11 is 0. The van der Waals surface area contributed by atoms with Crippen LogP contribution in [0.25, 0.3) is 0 Å². The van der Waals surface area contributed by atoms with E-state index in [-0.39, 0.29) is 5.75 Å². The highest BCUT2D eigenvalue weighted by molar-refractivity contribution is 7.92. The Balaban J connectivity index is 1.60. The molecule has 1 saturated heterocycles. The standard InChI is InChI=1S/C18H23N3O2S/c1-2-24(22,23)19-16-8-10-18(11-9-16)21-14-12-20(13-15-21)17-6-4-3-5-7-17/h3-11,19H,2,12-15H2,1H3. The molecule has 0 aliphatic carbocycles. The predicted molar refractivity (Wildman–Crippen MR) is 100 cm³/mol. The molecule has 0 amide bonds. The average Bonchev–Trinajstić information content (AvgIpc) is 2.63. The summed E-state index contributed by atoms with van der Waals surface area (Å²) in [5.74, 6) is 0.0796. The number of sulfonamides is 1. The van der Waals surface area contributed by atoms with Gasteiger partial charge in [-0.2, -0.15) is 0 Å². The van der Waals surface area contributed by atoms with E-state index >= 15 is 0 Å². The molecule has 1 aliphatic rings. The van der Waals surface area contributed by atoms with Crippen LogP contribution in [-0.4, -0.2) is 40.3 Å². The summed E-state index contributed by atoms with van der Waals surface area (Å²) in [6.07, 6.45) is 0. The zero-order chi connectivity index (χ0) is 17.0. The van der Waals surface area contributed by atoms with E-state index in [4.69, 9.17) is 0 Å². The lowest BCUT2D eigenvalue weighted by Crippen LogP contribution is -2.46. The van der Waals surface area contributed by atoms with E-state index in [1.165, 1.54) is 5.69 Å². The Morgan fingerprint density at radius 2 is 1.33 bits per heavy atom. The minimum atomic E-state index is -3.22. The molecule has 0 unspecified atom stereocenters. The van der Waals surface area contributed by atoms with Crippen molar-refractivity contribution in [3.8, 4) is 0 Å². The van der Waals surface area contributed by atoms with Crippen LogP contribution >= 0.6 is 0 Å². The third-order valence-electron chi connectivity index (χ3n) is 4.29. The molecule has 0 radical (unpaired) electrons. The van der Waals surface area contributed by atoms with Gasteiger partial charge in [-0.15, -0.1) is 0 Å². The molecule has 24 heavy (non-hydrogen) atoms. The van der Waals surface area contributed by atoms with Gasteiger partial charge in [-0.3, -0.25) is 4.72 Å². The molecule has 128 valence electrons. The Labute approximate surface area is 144 Å². The van der Waals surface area contributed by atoms with E-state index in [0.717, 1.165) is 31.9 Å². The zero-order valence-corrected chi connectivity index (χ0v) is 14.7. The number of nitrogens with zero attached hydrogens (tertiary/aromatic N) is 2. The molecular weight excluding hydrogens is 322 g/mol. The Kier molecular flexibility index (Phi) is 4.94. The molecule has 2 aromatic rings. The number of anilines is 3. The van der Waals surface area contributed by atoms with Crippen LogP contribution in [0.1, 0.15) is 6.92 Å². The van der Waals surface area contributed by atoms with Crippen molar-refractivity contribution in [1.82, 2.24) is 0 Å². The van der Waals surface area contributed by atoms with E-state index in [9.17, 15) is 8.42 Å². The van der Waals surface area contributed by atoms with Gasteiger partial charge in [0.2, 0.25) is 10.0 Å². The van der Waals surface area contributed by atoms with Crippen molar-refractivity contribution in [2.75, 3.05) is 46.5 Å². The number of para-hydroxylation sites is 1. The number of piperazine rings is 1. The molecule has 0 atom stereocenters. The van der Waals surface area contributed by atoms with Crippen LogP contribution in [0.15, 0.2) is 54.6 Å². The van der Waals surface area contributed by atoms with E-state index in [1.54, 1.807) is 6.92 Å². The first-order valence-corrected chi connectivity index (χ1v) is 9.88. The maximum atomic E-state index is 11.6. The smallest absolute Gasteiger partial charge is 0.232 e. The van der Waals surface area contributed by atoms with Crippen molar-refractivity contribution in [2.45, 2.75) is 6.92 Å². The number of rotatable bonds is 5. The van der Waals surface area contributed by atoms with Crippen molar-refractivity contribution in [3.63, 3.8) is 0 Å². The molecule has 1 heterocycles. The highest BCUT2D eigenvalue weighted by Crippen LogP contribution is 2.22. The molecule has 5 nitrogen and oxygen atoms in total. The Morgan fingerprint density at radius 1 is 0.833 bits per heavy atom. The molecule has 6 heteroatoms. The highest BCUT2D eigenvalue weighted by Gasteiger charge is 2.17.